The Bertz CT molecular complexity index is 649. The molecule has 0 saturated carbocycles. The van der Waals surface area contributed by atoms with Crippen LogP contribution in [0.15, 0.2) is 30.7 Å². The van der Waals surface area contributed by atoms with Crippen LogP contribution in [0.2, 0.25) is 0 Å². The zero-order valence-electron chi connectivity index (χ0n) is 12.4. The molecule has 2 aromatic heterocycles. The number of alkyl halides is 2. The van der Waals surface area contributed by atoms with E-state index >= 15 is 0 Å². The molecule has 0 radical (unpaired) electrons. The van der Waals surface area contributed by atoms with Gasteiger partial charge in [-0.05, 0) is 38.1 Å². The molecule has 3 rings (SSSR count). The summed E-state index contributed by atoms with van der Waals surface area (Å²) >= 11 is 0. The van der Waals surface area contributed by atoms with E-state index in [4.69, 9.17) is 0 Å². The van der Waals surface area contributed by atoms with E-state index in [0.717, 1.165) is 25.9 Å². The lowest BCUT2D eigenvalue weighted by molar-refractivity contribution is -0.0500. The first kappa shape index (κ1) is 15.5. The minimum Gasteiger partial charge on any atom is -0.433 e. The van der Waals surface area contributed by atoms with Gasteiger partial charge in [0.15, 0.2) is 5.82 Å². The monoisotopic (exact) mass is 321 g/mol. The average Bonchev–Trinajstić information content (AvgIpc) is 2.56. The summed E-state index contributed by atoms with van der Waals surface area (Å²) < 4.78 is 28.9. The van der Waals surface area contributed by atoms with Crippen LogP contribution in [0.1, 0.15) is 12.8 Å². The van der Waals surface area contributed by atoms with Crippen LogP contribution in [0.5, 0.6) is 5.75 Å². The minimum atomic E-state index is -2.89. The lowest BCUT2D eigenvalue weighted by Crippen LogP contribution is -2.35. The predicted octanol–water partition coefficient (Wildman–Crippen LogP) is 2.30. The number of nitrogens with zero attached hydrogens (tertiary/aromatic N) is 3. The van der Waals surface area contributed by atoms with Gasteiger partial charge in [0.2, 0.25) is 0 Å². The van der Waals surface area contributed by atoms with Crippen molar-refractivity contribution in [1.29, 1.82) is 0 Å². The predicted molar refractivity (Wildman–Crippen MR) is 81.4 cm³/mol. The molecule has 0 atom stereocenters. The topological polar surface area (TPSA) is 72.0 Å². The highest BCUT2D eigenvalue weighted by molar-refractivity contribution is 5.57. The van der Waals surface area contributed by atoms with E-state index in [-0.39, 0.29) is 5.75 Å². The largest absolute Gasteiger partial charge is 0.433 e. The van der Waals surface area contributed by atoms with Crippen LogP contribution in [-0.4, -0.2) is 40.7 Å². The lowest BCUT2D eigenvalue weighted by atomic mass is 10.1. The first-order chi connectivity index (χ1) is 11.2. The second kappa shape index (κ2) is 7.28. The van der Waals surface area contributed by atoms with Gasteiger partial charge in [0.05, 0.1) is 6.20 Å². The van der Waals surface area contributed by atoms with E-state index in [1.165, 1.54) is 18.5 Å². The molecule has 1 aliphatic rings. The Labute approximate surface area is 132 Å². The number of pyridine rings is 1. The highest BCUT2D eigenvalue weighted by Gasteiger charge is 2.14. The Morgan fingerprint density at radius 2 is 2.09 bits per heavy atom. The second-order valence-electron chi connectivity index (χ2n) is 5.22. The van der Waals surface area contributed by atoms with Crippen molar-refractivity contribution in [3.63, 3.8) is 0 Å². The fourth-order valence-corrected chi connectivity index (χ4v) is 2.46. The standard InChI is InChI=1S/C15H17F2N5O/c16-15(17)23-12-7-10(8-19-9-12)14-20-6-3-13(22-14)21-11-1-4-18-5-2-11/h3,6-9,11,15,18H,1-2,4-5H2,(H,20,21,22). The molecular weight excluding hydrogens is 304 g/mol. The Morgan fingerprint density at radius 1 is 1.26 bits per heavy atom. The number of hydrogen-bond donors (Lipinski definition) is 2. The molecule has 3 heterocycles. The zero-order valence-corrected chi connectivity index (χ0v) is 12.4. The molecule has 2 aromatic rings. The quantitative estimate of drug-likeness (QED) is 0.880. The first-order valence-electron chi connectivity index (χ1n) is 7.41. The van der Waals surface area contributed by atoms with E-state index in [1.807, 2.05) is 0 Å². The Balaban J connectivity index is 1.76. The number of hydrogen-bond acceptors (Lipinski definition) is 6. The van der Waals surface area contributed by atoms with Crippen molar-refractivity contribution in [2.75, 3.05) is 18.4 Å². The van der Waals surface area contributed by atoms with Gasteiger partial charge in [-0.2, -0.15) is 8.78 Å². The third-order valence-electron chi connectivity index (χ3n) is 3.54. The van der Waals surface area contributed by atoms with Gasteiger partial charge in [-0.3, -0.25) is 4.98 Å². The third kappa shape index (κ3) is 4.32. The molecule has 2 N–H and O–H groups in total. The van der Waals surface area contributed by atoms with Crippen LogP contribution >= 0.6 is 0 Å². The van der Waals surface area contributed by atoms with E-state index in [0.29, 0.717) is 23.2 Å². The van der Waals surface area contributed by atoms with Crippen molar-refractivity contribution in [2.45, 2.75) is 25.5 Å². The first-order valence-corrected chi connectivity index (χ1v) is 7.41. The molecule has 0 aliphatic carbocycles. The summed E-state index contributed by atoms with van der Waals surface area (Å²) in [6, 6.07) is 3.60. The number of ether oxygens (including phenoxy) is 1. The zero-order chi connectivity index (χ0) is 16.1. The summed E-state index contributed by atoms with van der Waals surface area (Å²) in [5, 5.41) is 6.68. The van der Waals surface area contributed by atoms with E-state index < -0.39 is 6.61 Å². The highest BCUT2D eigenvalue weighted by atomic mass is 19.3. The van der Waals surface area contributed by atoms with Gasteiger partial charge >= 0.3 is 6.61 Å². The van der Waals surface area contributed by atoms with Gasteiger partial charge in [-0.1, -0.05) is 0 Å². The number of anilines is 1. The summed E-state index contributed by atoms with van der Waals surface area (Å²) in [6.07, 6.45) is 6.43. The van der Waals surface area contributed by atoms with Crippen molar-refractivity contribution in [1.82, 2.24) is 20.3 Å². The molecule has 1 saturated heterocycles. The van der Waals surface area contributed by atoms with Crippen molar-refractivity contribution < 1.29 is 13.5 Å². The van der Waals surface area contributed by atoms with E-state index in [9.17, 15) is 8.78 Å². The SMILES string of the molecule is FC(F)Oc1cncc(-c2nccc(NC3CCNCC3)n2)c1. The van der Waals surface area contributed by atoms with Crippen LogP contribution < -0.4 is 15.4 Å². The van der Waals surface area contributed by atoms with Crippen LogP contribution in [0.4, 0.5) is 14.6 Å². The van der Waals surface area contributed by atoms with Crippen molar-refractivity contribution in [2.24, 2.45) is 0 Å². The molecular formula is C15H17F2N5O. The molecule has 0 aromatic carbocycles. The molecule has 8 heteroatoms. The fraction of sp³-hybridized carbons (Fsp3) is 0.400. The fourth-order valence-electron chi connectivity index (χ4n) is 2.46. The summed E-state index contributed by atoms with van der Waals surface area (Å²) in [7, 11) is 0. The second-order valence-corrected chi connectivity index (χ2v) is 5.22. The molecule has 0 amide bonds. The van der Waals surface area contributed by atoms with Gasteiger partial charge < -0.3 is 15.4 Å². The van der Waals surface area contributed by atoms with Gasteiger partial charge in [0.1, 0.15) is 11.6 Å². The van der Waals surface area contributed by atoms with Crippen LogP contribution in [0, 0.1) is 0 Å². The van der Waals surface area contributed by atoms with Gasteiger partial charge in [-0.25, -0.2) is 9.97 Å². The van der Waals surface area contributed by atoms with Gasteiger partial charge in [0.25, 0.3) is 0 Å². The van der Waals surface area contributed by atoms with Crippen molar-refractivity contribution >= 4 is 5.82 Å². The molecule has 0 bridgehead atoms. The summed E-state index contributed by atoms with van der Waals surface area (Å²) in [4.78, 5) is 12.5. The maximum atomic E-state index is 12.3. The van der Waals surface area contributed by atoms with Gasteiger partial charge in [-0.15, -0.1) is 0 Å². The summed E-state index contributed by atoms with van der Waals surface area (Å²) in [5.41, 5.74) is 0.525. The Kier molecular flexibility index (Phi) is 4.92. The Hall–Kier alpha value is -2.35. The minimum absolute atomic E-state index is 0.0159. The molecule has 23 heavy (non-hydrogen) atoms. The molecule has 0 unspecified atom stereocenters. The average molecular weight is 321 g/mol. The van der Waals surface area contributed by atoms with E-state index in [1.54, 1.807) is 12.3 Å². The van der Waals surface area contributed by atoms with Crippen LogP contribution in [0.25, 0.3) is 11.4 Å². The van der Waals surface area contributed by atoms with Crippen molar-refractivity contribution in [3.8, 4) is 17.1 Å². The number of halogens is 2. The maximum Gasteiger partial charge on any atom is 0.387 e. The summed E-state index contributed by atoms with van der Waals surface area (Å²) in [6.45, 7) is -0.931. The number of rotatable bonds is 5. The molecule has 1 fully saturated rings. The highest BCUT2D eigenvalue weighted by Crippen LogP contribution is 2.22. The molecule has 6 nitrogen and oxygen atoms in total. The van der Waals surface area contributed by atoms with Crippen LogP contribution in [-0.2, 0) is 0 Å². The number of nitrogens with one attached hydrogen (secondary N) is 2. The number of piperidine rings is 1. The van der Waals surface area contributed by atoms with Crippen LogP contribution in [0.3, 0.4) is 0 Å². The lowest BCUT2D eigenvalue weighted by Gasteiger charge is -2.24. The maximum absolute atomic E-state index is 12.3. The molecule has 122 valence electrons. The normalized spacial score (nSPS) is 15.6. The number of aromatic nitrogens is 3. The Morgan fingerprint density at radius 3 is 2.87 bits per heavy atom. The van der Waals surface area contributed by atoms with Gasteiger partial charge in [0, 0.05) is 24.0 Å². The molecule has 0 spiro atoms. The third-order valence-corrected chi connectivity index (χ3v) is 3.54. The summed E-state index contributed by atoms with van der Waals surface area (Å²) in [5.74, 6) is 1.11. The molecule has 1 aliphatic heterocycles. The van der Waals surface area contributed by atoms with Crippen molar-refractivity contribution in [3.05, 3.63) is 30.7 Å². The smallest absolute Gasteiger partial charge is 0.387 e. The van der Waals surface area contributed by atoms with E-state index in [2.05, 4.69) is 30.3 Å².